The van der Waals surface area contributed by atoms with Gasteiger partial charge in [-0.1, -0.05) is 43.0 Å². The lowest BCUT2D eigenvalue weighted by atomic mass is 9.88. The second-order valence-corrected chi connectivity index (χ2v) is 7.98. The molecular formula is C21H26ClN3O2. The van der Waals surface area contributed by atoms with Crippen molar-refractivity contribution in [2.45, 2.75) is 57.5 Å². The number of hydrogen-bond acceptors (Lipinski definition) is 4. The molecule has 27 heavy (non-hydrogen) atoms. The molecule has 1 N–H and O–H groups in total. The highest BCUT2D eigenvalue weighted by Crippen LogP contribution is 2.32. The minimum Gasteiger partial charge on any atom is -0.495 e. The molecule has 2 heterocycles. The second kappa shape index (κ2) is 8.03. The van der Waals surface area contributed by atoms with Gasteiger partial charge in [-0.15, -0.1) is 0 Å². The summed E-state index contributed by atoms with van der Waals surface area (Å²) in [6.07, 6.45) is 6.73. The maximum Gasteiger partial charge on any atom is 0.254 e. The molecule has 0 radical (unpaired) electrons. The van der Waals surface area contributed by atoms with Crippen LogP contribution in [0.2, 0.25) is 5.02 Å². The monoisotopic (exact) mass is 387 g/mol. The van der Waals surface area contributed by atoms with Crippen LogP contribution in [0.3, 0.4) is 0 Å². The van der Waals surface area contributed by atoms with Gasteiger partial charge in [0.25, 0.3) is 5.56 Å². The minimum atomic E-state index is 0.0552. The average Bonchev–Trinajstić information content (AvgIpc) is 2.70. The van der Waals surface area contributed by atoms with Crippen LogP contribution in [0.25, 0.3) is 0 Å². The van der Waals surface area contributed by atoms with Gasteiger partial charge in [0, 0.05) is 31.1 Å². The van der Waals surface area contributed by atoms with Crippen LogP contribution in [0.4, 0.5) is 0 Å². The third kappa shape index (κ3) is 3.90. The zero-order chi connectivity index (χ0) is 18.8. The van der Waals surface area contributed by atoms with Crippen LogP contribution in [0, 0.1) is 0 Å². The van der Waals surface area contributed by atoms with Gasteiger partial charge in [0.05, 0.1) is 17.8 Å². The second-order valence-electron chi connectivity index (χ2n) is 7.61. The van der Waals surface area contributed by atoms with Gasteiger partial charge in [-0.2, -0.15) is 0 Å². The van der Waals surface area contributed by atoms with Crippen molar-refractivity contribution in [3.63, 3.8) is 0 Å². The Kier molecular flexibility index (Phi) is 5.50. The Labute approximate surface area is 164 Å². The van der Waals surface area contributed by atoms with Crippen molar-refractivity contribution in [2.24, 2.45) is 0 Å². The quantitative estimate of drug-likeness (QED) is 0.860. The van der Waals surface area contributed by atoms with E-state index >= 15 is 0 Å². The van der Waals surface area contributed by atoms with Gasteiger partial charge < -0.3 is 9.72 Å². The molecular weight excluding hydrogens is 362 g/mol. The van der Waals surface area contributed by atoms with E-state index in [1.807, 2.05) is 18.2 Å². The maximum absolute atomic E-state index is 12.6. The van der Waals surface area contributed by atoms with Gasteiger partial charge in [0.1, 0.15) is 11.6 Å². The van der Waals surface area contributed by atoms with E-state index in [0.717, 1.165) is 55.0 Å². The van der Waals surface area contributed by atoms with E-state index in [9.17, 15) is 4.79 Å². The Morgan fingerprint density at radius 3 is 2.89 bits per heavy atom. The number of nitrogens with zero attached hydrogens (tertiary/aromatic N) is 2. The van der Waals surface area contributed by atoms with E-state index in [1.54, 1.807) is 7.11 Å². The molecule has 6 heteroatoms. The van der Waals surface area contributed by atoms with Crippen LogP contribution in [-0.2, 0) is 19.5 Å². The minimum absolute atomic E-state index is 0.0552. The number of halogens is 1. The third-order valence-corrected chi connectivity index (χ3v) is 6.25. The van der Waals surface area contributed by atoms with Crippen molar-refractivity contribution < 1.29 is 4.74 Å². The van der Waals surface area contributed by atoms with Crippen molar-refractivity contribution in [2.75, 3.05) is 13.7 Å². The molecule has 144 valence electrons. The molecule has 2 aliphatic rings. The van der Waals surface area contributed by atoms with Gasteiger partial charge in [-0.3, -0.25) is 9.69 Å². The molecule has 2 aromatic rings. The van der Waals surface area contributed by atoms with Crippen LogP contribution in [0.15, 0.2) is 23.0 Å². The van der Waals surface area contributed by atoms with Gasteiger partial charge in [-0.25, -0.2) is 4.98 Å². The van der Waals surface area contributed by atoms with Gasteiger partial charge in [0.15, 0.2) is 0 Å². The van der Waals surface area contributed by atoms with Crippen LogP contribution in [0.5, 0.6) is 5.75 Å². The number of benzene rings is 1. The summed E-state index contributed by atoms with van der Waals surface area (Å²) in [5, 5.41) is 0.660. The summed E-state index contributed by atoms with van der Waals surface area (Å²) in [5.41, 5.74) is 2.88. The summed E-state index contributed by atoms with van der Waals surface area (Å²) in [5.74, 6) is 1.99. The van der Waals surface area contributed by atoms with E-state index in [4.69, 9.17) is 21.3 Å². The lowest BCUT2D eigenvalue weighted by Crippen LogP contribution is -2.35. The maximum atomic E-state index is 12.6. The Morgan fingerprint density at radius 2 is 2.11 bits per heavy atom. The van der Waals surface area contributed by atoms with Crippen molar-refractivity contribution in [1.29, 1.82) is 0 Å². The predicted octanol–water partition coefficient (Wildman–Crippen LogP) is 4.04. The van der Waals surface area contributed by atoms with Gasteiger partial charge >= 0.3 is 0 Å². The number of methoxy groups -OCH3 is 1. The van der Waals surface area contributed by atoms with Crippen LogP contribution >= 0.6 is 11.6 Å². The largest absolute Gasteiger partial charge is 0.495 e. The van der Waals surface area contributed by atoms with Gasteiger partial charge in [0.2, 0.25) is 0 Å². The molecule has 0 bridgehead atoms. The van der Waals surface area contributed by atoms with E-state index in [2.05, 4.69) is 9.88 Å². The molecule has 1 aromatic carbocycles. The highest BCUT2D eigenvalue weighted by atomic mass is 35.5. The number of aromatic amines is 1. The fraction of sp³-hybridized carbons (Fsp3) is 0.524. The molecule has 0 saturated heterocycles. The number of aromatic nitrogens is 2. The summed E-state index contributed by atoms with van der Waals surface area (Å²) < 4.78 is 5.32. The van der Waals surface area contributed by atoms with Crippen LogP contribution < -0.4 is 10.3 Å². The highest BCUT2D eigenvalue weighted by molar-refractivity contribution is 6.32. The SMILES string of the molecule is COc1cccc(CN2CCc3c(nc(C4CCCCC4)[nH]c3=O)C2)c1Cl. The van der Waals surface area contributed by atoms with E-state index < -0.39 is 0 Å². The first-order chi connectivity index (χ1) is 13.2. The first-order valence-corrected chi connectivity index (χ1v) is 10.2. The van der Waals surface area contributed by atoms with E-state index in [0.29, 0.717) is 23.2 Å². The van der Waals surface area contributed by atoms with Crippen molar-refractivity contribution in [3.05, 3.63) is 56.2 Å². The number of H-pyrrole nitrogens is 1. The Morgan fingerprint density at radius 1 is 1.30 bits per heavy atom. The fourth-order valence-corrected chi connectivity index (χ4v) is 4.56. The summed E-state index contributed by atoms with van der Waals surface area (Å²) in [6, 6.07) is 5.86. The average molecular weight is 388 g/mol. The summed E-state index contributed by atoms with van der Waals surface area (Å²) in [6.45, 7) is 2.24. The molecule has 1 aliphatic carbocycles. The number of fused-ring (bicyclic) bond motifs is 1. The van der Waals surface area contributed by atoms with Crippen LogP contribution in [0.1, 0.15) is 60.7 Å². The molecule has 1 fully saturated rings. The van der Waals surface area contributed by atoms with Crippen molar-refractivity contribution in [3.8, 4) is 5.75 Å². The fourth-order valence-electron chi connectivity index (χ4n) is 4.29. The molecule has 4 rings (SSSR count). The Bertz CT molecular complexity index is 874. The molecule has 1 aromatic heterocycles. The summed E-state index contributed by atoms with van der Waals surface area (Å²) in [4.78, 5) is 22.8. The Hall–Kier alpha value is -1.85. The van der Waals surface area contributed by atoms with Crippen molar-refractivity contribution >= 4 is 11.6 Å². The van der Waals surface area contributed by atoms with Gasteiger partial charge in [-0.05, 0) is 30.9 Å². The van der Waals surface area contributed by atoms with E-state index in [-0.39, 0.29) is 5.56 Å². The summed E-state index contributed by atoms with van der Waals surface area (Å²) in [7, 11) is 1.63. The number of ether oxygens (including phenoxy) is 1. The number of hydrogen-bond donors (Lipinski definition) is 1. The molecule has 1 aliphatic heterocycles. The molecule has 0 atom stereocenters. The Balaban J connectivity index is 1.55. The zero-order valence-corrected chi connectivity index (χ0v) is 16.5. The lowest BCUT2D eigenvalue weighted by molar-refractivity contribution is 0.239. The molecule has 0 amide bonds. The molecule has 5 nitrogen and oxygen atoms in total. The summed E-state index contributed by atoms with van der Waals surface area (Å²) >= 11 is 6.46. The topological polar surface area (TPSA) is 58.2 Å². The molecule has 0 spiro atoms. The number of rotatable bonds is 4. The predicted molar refractivity (Wildman–Crippen MR) is 107 cm³/mol. The smallest absolute Gasteiger partial charge is 0.254 e. The molecule has 1 saturated carbocycles. The van der Waals surface area contributed by atoms with E-state index in [1.165, 1.54) is 19.3 Å². The lowest BCUT2D eigenvalue weighted by Gasteiger charge is -2.29. The van der Waals surface area contributed by atoms with Crippen molar-refractivity contribution in [1.82, 2.24) is 14.9 Å². The molecule has 0 unspecified atom stereocenters. The van der Waals surface area contributed by atoms with Crippen LogP contribution in [-0.4, -0.2) is 28.5 Å². The first kappa shape index (κ1) is 18.5. The standard InChI is InChI=1S/C21H26ClN3O2/c1-27-18-9-5-8-15(19(18)22)12-25-11-10-16-17(13-25)23-20(24-21(16)26)14-6-3-2-4-7-14/h5,8-9,14H,2-4,6-7,10-13H2,1H3,(H,23,24,26). The first-order valence-electron chi connectivity index (χ1n) is 9.81. The zero-order valence-electron chi connectivity index (χ0n) is 15.8. The number of nitrogens with one attached hydrogen (secondary N) is 1. The third-order valence-electron chi connectivity index (χ3n) is 5.82. The normalized spacial score (nSPS) is 18.3. The highest BCUT2D eigenvalue weighted by Gasteiger charge is 2.25.